The summed E-state index contributed by atoms with van der Waals surface area (Å²) in [6.45, 7) is 4.15. The summed E-state index contributed by atoms with van der Waals surface area (Å²) in [7, 11) is 0. The molecule has 0 bridgehead atoms. The molecule has 4 nitrogen and oxygen atoms in total. The number of aromatic nitrogens is 1. The summed E-state index contributed by atoms with van der Waals surface area (Å²) in [5.41, 5.74) is 0.532. The Kier molecular flexibility index (Phi) is 4.10. The Balaban J connectivity index is 1.75. The molecule has 0 unspecified atom stereocenters. The zero-order valence-electron chi connectivity index (χ0n) is 12.4. The molecule has 1 saturated carbocycles. The molecule has 2 heterocycles. The van der Waals surface area contributed by atoms with Gasteiger partial charge in [-0.15, -0.1) is 11.3 Å². The van der Waals surface area contributed by atoms with Crippen LogP contribution in [0.4, 0.5) is 0 Å². The highest BCUT2D eigenvalue weighted by molar-refractivity contribution is 7.15. The van der Waals surface area contributed by atoms with Crippen molar-refractivity contribution in [1.82, 2.24) is 10.3 Å². The maximum Gasteiger partial charge on any atom is 0.271 e. The molecule has 1 amide bonds. The van der Waals surface area contributed by atoms with Crippen molar-refractivity contribution in [2.75, 3.05) is 0 Å². The summed E-state index contributed by atoms with van der Waals surface area (Å²) >= 11 is 1.50. The van der Waals surface area contributed by atoms with E-state index in [0.29, 0.717) is 17.4 Å². The quantitative estimate of drug-likeness (QED) is 0.931. The van der Waals surface area contributed by atoms with Crippen LogP contribution in [-0.2, 0) is 0 Å². The van der Waals surface area contributed by atoms with Gasteiger partial charge in [0, 0.05) is 10.9 Å². The van der Waals surface area contributed by atoms with Gasteiger partial charge in [-0.05, 0) is 37.8 Å². The molecule has 2 atom stereocenters. The molecule has 1 N–H and O–H groups in total. The minimum atomic E-state index is -0.0553. The second kappa shape index (κ2) is 6.02. The van der Waals surface area contributed by atoms with Gasteiger partial charge in [0.05, 0.1) is 6.26 Å². The number of carbonyl (C=O) groups is 1. The molecule has 5 heteroatoms. The first-order valence-corrected chi connectivity index (χ1v) is 8.29. The minimum Gasteiger partial charge on any atom is -0.462 e. The first-order chi connectivity index (χ1) is 10.1. The van der Waals surface area contributed by atoms with E-state index in [0.717, 1.165) is 16.3 Å². The maximum absolute atomic E-state index is 12.5. The first-order valence-electron chi connectivity index (χ1n) is 7.47. The number of hydrogen-bond donors (Lipinski definition) is 1. The van der Waals surface area contributed by atoms with Gasteiger partial charge in [-0.1, -0.05) is 19.8 Å². The van der Waals surface area contributed by atoms with Crippen molar-refractivity contribution in [3.05, 3.63) is 29.0 Å². The molecule has 0 saturated heterocycles. The molecule has 0 spiro atoms. The Hall–Kier alpha value is -1.62. The molecule has 0 aliphatic heterocycles. The Morgan fingerprint density at radius 1 is 1.43 bits per heavy atom. The normalized spacial score (nSPS) is 22.2. The van der Waals surface area contributed by atoms with E-state index in [2.05, 4.69) is 17.2 Å². The Morgan fingerprint density at radius 2 is 2.24 bits per heavy atom. The highest BCUT2D eigenvalue weighted by Gasteiger charge is 2.25. The molecular formula is C16H20N2O2S. The second-order valence-electron chi connectivity index (χ2n) is 5.74. The van der Waals surface area contributed by atoms with Gasteiger partial charge < -0.3 is 9.73 Å². The van der Waals surface area contributed by atoms with Crippen molar-refractivity contribution in [3.63, 3.8) is 0 Å². The maximum atomic E-state index is 12.5. The van der Waals surface area contributed by atoms with Crippen molar-refractivity contribution in [2.45, 2.75) is 45.6 Å². The summed E-state index contributed by atoms with van der Waals surface area (Å²) in [5.74, 6) is 1.21. The number of carbonyl (C=O) groups excluding carboxylic acids is 1. The van der Waals surface area contributed by atoms with E-state index in [1.807, 2.05) is 19.1 Å². The highest BCUT2D eigenvalue weighted by Crippen LogP contribution is 2.29. The van der Waals surface area contributed by atoms with E-state index in [4.69, 9.17) is 4.42 Å². The number of hydrogen-bond acceptors (Lipinski definition) is 4. The zero-order chi connectivity index (χ0) is 14.8. The Bertz CT molecular complexity index is 618. The van der Waals surface area contributed by atoms with Gasteiger partial charge in [0.2, 0.25) is 0 Å². The summed E-state index contributed by atoms with van der Waals surface area (Å²) < 4.78 is 5.35. The molecule has 0 aromatic carbocycles. The molecule has 21 heavy (non-hydrogen) atoms. The predicted molar refractivity (Wildman–Crippen MR) is 83.4 cm³/mol. The predicted octanol–water partition coefficient (Wildman–Crippen LogP) is 4.02. The van der Waals surface area contributed by atoms with Gasteiger partial charge in [-0.25, -0.2) is 4.98 Å². The molecular weight excluding hydrogens is 284 g/mol. The molecule has 1 fully saturated rings. The summed E-state index contributed by atoms with van der Waals surface area (Å²) in [5, 5.41) is 3.92. The third-order valence-corrected chi connectivity index (χ3v) is 5.16. The van der Waals surface area contributed by atoms with Crippen LogP contribution in [0.25, 0.3) is 10.8 Å². The lowest BCUT2D eigenvalue weighted by atomic mass is 9.86. The summed E-state index contributed by atoms with van der Waals surface area (Å²) in [6.07, 6.45) is 6.35. The van der Waals surface area contributed by atoms with E-state index in [9.17, 15) is 4.79 Å². The fraction of sp³-hybridized carbons (Fsp3) is 0.500. The van der Waals surface area contributed by atoms with Crippen molar-refractivity contribution in [2.24, 2.45) is 5.92 Å². The Morgan fingerprint density at radius 3 is 2.95 bits per heavy atom. The molecule has 2 aromatic heterocycles. The number of aryl methyl sites for hydroxylation is 1. The lowest BCUT2D eigenvalue weighted by Crippen LogP contribution is -2.41. The zero-order valence-corrected chi connectivity index (χ0v) is 13.2. The van der Waals surface area contributed by atoms with E-state index >= 15 is 0 Å². The van der Waals surface area contributed by atoms with Crippen LogP contribution >= 0.6 is 11.3 Å². The van der Waals surface area contributed by atoms with Crippen LogP contribution in [0.1, 0.15) is 48.0 Å². The number of nitrogens with zero attached hydrogens (tertiary/aromatic N) is 1. The van der Waals surface area contributed by atoms with Gasteiger partial charge in [0.25, 0.3) is 5.91 Å². The van der Waals surface area contributed by atoms with E-state index < -0.39 is 0 Å². The monoisotopic (exact) mass is 304 g/mol. The average Bonchev–Trinajstić information content (AvgIpc) is 3.10. The Labute approximate surface area is 128 Å². The topological polar surface area (TPSA) is 55.1 Å². The molecule has 3 rings (SSSR count). The van der Waals surface area contributed by atoms with Crippen LogP contribution in [0.15, 0.2) is 22.8 Å². The fourth-order valence-electron chi connectivity index (χ4n) is 2.88. The molecule has 2 aromatic rings. The van der Waals surface area contributed by atoms with E-state index in [1.54, 1.807) is 6.26 Å². The van der Waals surface area contributed by atoms with Crippen LogP contribution in [0.3, 0.4) is 0 Å². The first kappa shape index (κ1) is 14.3. The highest BCUT2D eigenvalue weighted by atomic mass is 32.1. The van der Waals surface area contributed by atoms with Gasteiger partial charge in [-0.3, -0.25) is 4.79 Å². The van der Waals surface area contributed by atoms with Gasteiger partial charge in [0.15, 0.2) is 10.8 Å². The van der Waals surface area contributed by atoms with Crippen molar-refractivity contribution in [1.29, 1.82) is 0 Å². The van der Waals surface area contributed by atoms with Crippen LogP contribution in [0.2, 0.25) is 0 Å². The van der Waals surface area contributed by atoms with E-state index in [1.165, 1.54) is 30.6 Å². The van der Waals surface area contributed by atoms with Crippen molar-refractivity contribution < 1.29 is 9.21 Å². The standard InChI is InChI=1S/C16H20N2O2S/c1-10-6-3-4-7-12(10)17-15(19)14-11(2)21-16(18-14)13-8-5-9-20-13/h5,8-10,12H,3-4,6-7H2,1-2H3,(H,17,19)/t10-,12+/m0/s1. The van der Waals surface area contributed by atoms with Crippen LogP contribution < -0.4 is 5.32 Å². The van der Waals surface area contributed by atoms with Crippen LogP contribution in [0, 0.1) is 12.8 Å². The second-order valence-corrected chi connectivity index (χ2v) is 6.95. The van der Waals surface area contributed by atoms with Crippen molar-refractivity contribution >= 4 is 17.2 Å². The molecule has 0 radical (unpaired) electrons. The third-order valence-electron chi connectivity index (χ3n) is 4.17. The van der Waals surface area contributed by atoms with Gasteiger partial charge in [-0.2, -0.15) is 0 Å². The smallest absolute Gasteiger partial charge is 0.271 e. The fourth-order valence-corrected chi connectivity index (χ4v) is 3.76. The minimum absolute atomic E-state index is 0.0553. The SMILES string of the molecule is Cc1sc(-c2ccco2)nc1C(=O)N[C@@H]1CCCC[C@@H]1C. The van der Waals surface area contributed by atoms with Gasteiger partial charge in [0.1, 0.15) is 5.69 Å². The van der Waals surface area contributed by atoms with Crippen molar-refractivity contribution in [3.8, 4) is 10.8 Å². The third kappa shape index (κ3) is 3.02. The lowest BCUT2D eigenvalue weighted by Gasteiger charge is -2.29. The number of nitrogens with one attached hydrogen (secondary N) is 1. The lowest BCUT2D eigenvalue weighted by molar-refractivity contribution is 0.0905. The van der Waals surface area contributed by atoms with Gasteiger partial charge >= 0.3 is 0 Å². The van der Waals surface area contributed by atoms with E-state index in [-0.39, 0.29) is 11.9 Å². The number of furan rings is 1. The molecule has 1 aliphatic carbocycles. The summed E-state index contributed by atoms with van der Waals surface area (Å²) in [4.78, 5) is 17.9. The molecule has 1 aliphatic rings. The summed E-state index contributed by atoms with van der Waals surface area (Å²) in [6, 6.07) is 3.97. The average molecular weight is 304 g/mol. The number of amides is 1. The largest absolute Gasteiger partial charge is 0.462 e. The van der Waals surface area contributed by atoms with Crippen LogP contribution in [0.5, 0.6) is 0 Å². The number of rotatable bonds is 3. The van der Waals surface area contributed by atoms with Crippen LogP contribution in [-0.4, -0.2) is 16.9 Å². The molecule has 112 valence electrons. The number of thiazole rings is 1.